The first kappa shape index (κ1) is 17.9. The van der Waals surface area contributed by atoms with Gasteiger partial charge in [-0.3, -0.25) is 4.79 Å². The number of anilines is 3. The molecule has 2 aromatic carbocycles. The van der Waals surface area contributed by atoms with Crippen LogP contribution in [0, 0.1) is 11.6 Å². The number of methoxy groups -OCH3 is 1. The molecule has 0 bridgehead atoms. The smallest absolute Gasteiger partial charge is 0.257 e. The zero-order chi connectivity index (χ0) is 18.7. The summed E-state index contributed by atoms with van der Waals surface area (Å²) >= 11 is 0. The molecule has 5 nitrogen and oxygen atoms in total. The number of halogens is 2. The average molecular weight is 359 g/mol. The molecule has 26 heavy (non-hydrogen) atoms. The largest absolute Gasteiger partial charge is 0.383 e. The van der Waals surface area contributed by atoms with E-state index in [-0.39, 0.29) is 17.2 Å². The van der Waals surface area contributed by atoms with E-state index in [0.29, 0.717) is 23.7 Å². The first-order chi connectivity index (χ1) is 12.5. The number of hydrogen-bond donors (Lipinski definition) is 3. The molecule has 3 N–H and O–H groups in total. The van der Waals surface area contributed by atoms with Gasteiger partial charge < -0.3 is 20.7 Å². The van der Waals surface area contributed by atoms with Crippen molar-refractivity contribution < 1.29 is 18.3 Å². The molecule has 7 heteroatoms. The fraction of sp³-hybridized carbons (Fsp3) is 0.211. The summed E-state index contributed by atoms with van der Waals surface area (Å²) in [5.41, 5.74) is 1.58. The fourth-order valence-electron chi connectivity index (χ4n) is 2.78. The highest BCUT2D eigenvalue weighted by Gasteiger charge is 2.27. The number of carbonyl (C=O) groups is 1. The summed E-state index contributed by atoms with van der Waals surface area (Å²) in [6.07, 6.45) is 1.37. The Balaban J connectivity index is 1.77. The summed E-state index contributed by atoms with van der Waals surface area (Å²) in [5, 5.41) is 8.45. The third-order valence-corrected chi connectivity index (χ3v) is 3.95. The Labute approximate surface area is 150 Å². The number of ether oxygens (including phenoxy) is 1. The van der Waals surface area contributed by atoms with E-state index in [1.54, 1.807) is 25.3 Å². The van der Waals surface area contributed by atoms with E-state index in [1.807, 2.05) is 6.92 Å². The molecule has 1 aliphatic rings. The highest BCUT2D eigenvalue weighted by atomic mass is 19.1. The van der Waals surface area contributed by atoms with Crippen LogP contribution in [-0.4, -0.2) is 25.7 Å². The Hall–Kier alpha value is -2.93. The third kappa shape index (κ3) is 3.67. The normalized spacial score (nSPS) is 15.5. The van der Waals surface area contributed by atoms with Crippen LogP contribution in [0.2, 0.25) is 0 Å². The van der Waals surface area contributed by atoms with Gasteiger partial charge in [-0.1, -0.05) is 6.07 Å². The van der Waals surface area contributed by atoms with E-state index < -0.39 is 17.5 Å². The van der Waals surface area contributed by atoms with Crippen LogP contribution in [0.1, 0.15) is 12.5 Å². The standard InChI is InChI=1S/C19H19F2N3O2/c1-11(10-26-2)23-16-7-6-12(8-15(16)21)22-9-13-18-14(20)4-3-5-17(18)24-19(13)25/h3-9,11,22-23H,10H2,1-2H3,(H,24,25). The number of rotatable bonds is 6. The molecular weight excluding hydrogens is 340 g/mol. The molecule has 3 rings (SSSR count). The van der Waals surface area contributed by atoms with Crippen LogP contribution in [-0.2, 0) is 9.53 Å². The Morgan fingerprint density at radius 1 is 1.23 bits per heavy atom. The average Bonchev–Trinajstić information content (AvgIpc) is 2.92. The summed E-state index contributed by atoms with van der Waals surface area (Å²) in [4.78, 5) is 12.0. The van der Waals surface area contributed by atoms with Crippen LogP contribution in [0.5, 0.6) is 0 Å². The van der Waals surface area contributed by atoms with Gasteiger partial charge in [-0.25, -0.2) is 8.78 Å². The Bertz CT molecular complexity index is 868. The SMILES string of the molecule is COCC(C)Nc1ccc(NC=C2C(=O)Nc3cccc(F)c32)cc1F. The molecule has 2 aromatic rings. The van der Waals surface area contributed by atoms with Gasteiger partial charge >= 0.3 is 0 Å². The lowest BCUT2D eigenvalue weighted by Crippen LogP contribution is -2.21. The molecule has 0 saturated carbocycles. The number of nitrogens with one attached hydrogen (secondary N) is 3. The summed E-state index contributed by atoms with van der Waals surface area (Å²) in [5.74, 6) is -1.35. The van der Waals surface area contributed by atoms with Crippen molar-refractivity contribution in [1.82, 2.24) is 0 Å². The van der Waals surface area contributed by atoms with Crippen molar-refractivity contribution in [3.05, 3.63) is 59.8 Å². The molecular formula is C19H19F2N3O2. The quantitative estimate of drug-likeness (QED) is 0.686. The minimum atomic E-state index is -0.494. The summed E-state index contributed by atoms with van der Waals surface area (Å²) < 4.78 is 33.2. The van der Waals surface area contributed by atoms with Gasteiger partial charge in [0.05, 0.1) is 23.6 Å². The number of fused-ring (bicyclic) bond motifs is 1. The van der Waals surface area contributed by atoms with Gasteiger partial charge in [0.15, 0.2) is 0 Å². The first-order valence-electron chi connectivity index (χ1n) is 8.11. The van der Waals surface area contributed by atoms with Crippen LogP contribution in [0.4, 0.5) is 25.8 Å². The van der Waals surface area contributed by atoms with Gasteiger partial charge in [0.1, 0.15) is 11.6 Å². The zero-order valence-electron chi connectivity index (χ0n) is 14.4. The lowest BCUT2D eigenvalue weighted by molar-refractivity contribution is -0.110. The van der Waals surface area contributed by atoms with Crippen molar-refractivity contribution in [2.45, 2.75) is 13.0 Å². The van der Waals surface area contributed by atoms with Crippen LogP contribution >= 0.6 is 0 Å². The topological polar surface area (TPSA) is 62.4 Å². The Kier molecular flexibility index (Phi) is 5.18. The van der Waals surface area contributed by atoms with Gasteiger partial charge in [0.2, 0.25) is 0 Å². The van der Waals surface area contributed by atoms with Crippen molar-refractivity contribution >= 4 is 28.5 Å². The predicted molar refractivity (Wildman–Crippen MR) is 98.0 cm³/mol. The highest BCUT2D eigenvalue weighted by Crippen LogP contribution is 2.33. The van der Waals surface area contributed by atoms with E-state index in [9.17, 15) is 13.6 Å². The second-order valence-electron chi connectivity index (χ2n) is 6.01. The molecule has 0 fully saturated rings. The maximum Gasteiger partial charge on any atom is 0.257 e. The van der Waals surface area contributed by atoms with Gasteiger partial charge in [-0.05, 0) is 37.3 Å². The number of hydrogen-bond acceptors (Lipinski definition) is 4. The Morgan fingerprint density at radius 2 is 2.04 bits per heavy atom. The van der Waals surface area contributed by atoms with Gasteiger partial charge in [0, 0.05) is 30.6 Å². The van der Waals surface area contributed by atoms with Crippen molar-refractivity contribution in [1.29, 1.82) is 0 Å². The van der Waals surface area contributed by atoms with Crippen LogP contribution in [0.3, 0.4) is 0 Å². The lowest BCUT2D eigenvalue weighted by Gasteiger charge is -2.15. The van der Waals surface area contributed by atoms with Crippen LogP contribution < -0.4 is 16.0 Å². The second kappa shape index (κ2) is 7.53. The molecule has 0 saturated heterocycles. The van der Waals surface area contributed by atoms with Gasteiger partial charge in [-0.2, -0.15) is 0 Å². The maximum absolute atomic E-state index is 14.2. The monoisotopic (exact) mass is 359 g/mol. The minimum absolute atomic E-state index is 0.0444. The van der Waals surface area contributed by atoms with E-state index in [2.05, 4.69) is 16.0 Å². The fourth-order valence-corrected chi connectivity index (χ4v) is 2.78. The van der Waals surface area contributed by atoms with Gasteiger partial charge in [-0.15, -0.1) is 0 Å². The van der Waals surface area contributed by atoms with Crippen LogP contribution in [0.25, 0.3) is 5.57 Å². The Morgan fingerprint density at radius 3 is 2.77 bits per heavy atom. The van der Waals surface area contributed by atoms with E-state index in [0.717, 1.165) is 0 Å². The first-order valence-corrected chi connectivity index (χ1v) is 8.11. The minimum Gasteiger partial charge on any atom is -0.383 e. The predicted octanol–water partition coefficient (Wildman–Crippen LogP) is 3.82. The van der Waals surface area contributed by atoms with Crippen molar-refractivity contribution in [3.63, 3.8) is 0 Å². The van der Waals surface area contributed by atoms with Crippen molar-refractivity contribution in [3.8, 4) is 0 Å². The van der Waals surface area contributed by atoms with E-state index in [4.69, 9.17) is 4.74 Å². The molecule has 1 unspecified atom stereocenters. The summed E-state index contributed by atoms with van der Waals surface area (Å²) in [6.45, 7) is 2.33. The number of carbonyl (C=O) groups excluding carboxylic acids is 1. The molecule has 1 amide bonds. The maximum atomic E-state index is 14.2. The molecule has 0 spiro atoms. The van der Waals surface area contributed by atoms with Crippen molar-refractivity contribution in [2.75, 3.05) is 29.7 Å². The van der Waals surface area contributed by atoms with Gasteiger partial charge in [0.25, 0.3) is 5.91 Å². The van der Waals surface area contributed by atoms with Crippen LogP contribution in [0.15, 0.2) is 42.6 Å². The molecule has 1 aliphatic heterocycles. The molecule has 1 atom stereocenters. The second-order valence-corrected chi connectivity index (χ2v) is 6.01. The van der Waals surface area contributed by atoms with E-state index >= 15 is 0 Å². The number of benzene rings is 2. The van der Waals surface area contributed by atoms with Crippen molar-refractivity contribution in [2.24, 2.45) is 0 Å². The summed E-state index contributed by atoms with van der Waals surface area (Å²) in [6, 6.07) is 8.94. The molecule has 0 aromatic heterocycles. The molecule has 1 heterocycles. The molecule has 136 valence electrons. The van der Waals surface area contributed by atoms with E-state index in [1.165, 1.54) is 24.4 Å². The summed E-state index contributed by atoms with van der Waals surface area (Å²) in [7, 11) is 1.58. The third-order valence-electron chi connectivity index (χ3n) is 3.95. The number of amides is 1. The molecule has 0 radical (unpaired) electrons. The molecule has 0 aliphatic carbocycles. The highest BCUT2D eigenvalue weighted by molar-refractivity contribution is 6.31. The zero-order valence-corrected chi connectivity index (χ0v) is 14.4. The lowest BCUT2D eigenvalue weighted by atomic mass is 10.1.